The summed E-state index contributed by atoms with van der Waals surface area (Å²) in [4.78, 5) is 12.8. The number of anilines is 2. The molecule has 0 saturated heterocycles. The number of pyridine rings is 1. The number of rotatable bonds is 4. The van der Waals surface area contributed by atoms with Gasteiger partial charge in [-0.3, -0.25) is 0 Å². The maximum Gasteiger partial charge on any atom is 0.191 e. The van der Waals surface area contributed by atoms with Crippen LogP contribution in [0.5, 0.6) is 0 Å². The lowest BCUT2D eigenvalue weighted by molar-refractivity contribution is 0.546. The van der Waals surface area contributed by atoms with Gasteiger partial charge in [-0.25, -0.2) is 19.6 Å². The molecule has 0 spiro atoms. The lowest BCUT2D eigenvalue weighted by atomic mass is 10.2. The Kier molecular flexibility index (Phi) is 3.84. The summed E-state index contributed by atoms with van der Waals surface area (Å²) in [6, 6.07) is 3.91. The molecule has 7 nitrogen and oxygen atoms in total. The number of thioether (sulfide) groups is 1. The minimum atomic E-state index is 0.286. The van der Waals surface area contributed by atoms with Gasteiger partial charge in [0.05, 0.1) is 6.20 Å². The highest BCUT2D eigenvalue weighted by Crippen LogP contribution is 2.23. The van der Waals surface area contributed by atoms with Gasteiger partial charge in [-0.2, -0.15) is 5.10 Å². The largest absolute Gasteiger partial charge is 0.383 e. The predicted molar refractivity (Wildman–Crippen MR) is 88.3 cm³/mol. The second kappa shape index (κ2) is 5.80. The Balaban J connectivity index is 1.79. The molecule has 22 heavy (non-hydrogen) atoms. The van der Waals surface area contributed by atoms with Gasteiger partial charge in [0.2, 0.25) is 0 Å². The van der Waals surface area contributed by atoms with E-state index in [2.05, 4.69) is 40.0 Å². The molecule has 0 atom stereocenters. The molecule has 0 radical (unpaired) electrons. The van der Waals surface area contributed by atoms with Gasteiger partial charge in [0, 0.05) is 29.4 Å². The second-order valence-corrected chi connectivity index (χ2v) is 6.17. The van der Waals surface area contributed by atoms with Crippen molar-refractivity contribution in [2.75, 3.05) is 11.5 Å². The Morgan fingerprint density at radius 3 is 2.55 bits per heavy atom. The van der Waals surface area contributed by atoms with Crippen molar-refractivity contribution in [3.63, 3.8) is 0 Å². The zero-order valence-corrected chi connectivity index (χ0v) is 13.2. The highest BCUT2D eigenvalue weighted by atomic mass is 32.2. The number of nitrogens with two attached hydrogens (primary N) is 2. The monoisotopic (exact) mass is 315 g/mol. The minimum absolute atomic E-state index is 0.286. The van der Waals surface area contributed by atoms with Crippen LogP contribution >= 0.6 is 11.8 Å². The van der Waals surface area contributed by atoms with E-state index in [0.717, 1.165) is 16.6 Å². The average molecular weight is 315 g/mol. The number of nitrogen functional groups attached to an aromatic ring is 2. The van der Waals surface area contributed by atoms with Crippen LogP contribution in [0.3, 0.4) is 0 Å². The molecule has 3 aromatic rings. The fourth-order valence-corrected chi connectivity index (χ4v) is 2.91. The van der Waals surface area contributed by atoms with E-state index in [1.807, 2.05) is 17.1 Å². The highest BCUT2D eigenvalue weighted by Gasteiger charge is 2.09. The average Bonchev–Trinajstić information content (AvgIpc) is 2.87. The Labute approximate surface area is 132 Å². The molecule has 0 aromatic carbocycles. The highest BCUT2D eigenvalue weighted by molar-refractivity contribution is 7.98. The Bertz CT molecular complexity index is 792. The third kappa shape index (κ3) is 2.96. The van der Waals surface area contributed by atoms with Crippen LogP contribution in [0.25, 0.3) is 11.0 Å². The molecule has 114 valence electrons. The van der Waals surface area contributed by atoms with Gasteiger partial charge in [0.1, 0.15) is 11.6 Å². The summed E-state index contributed by atoms with van der Waals surface area (Å²) in [5, 5.41) is 5.96. The predicted octanol–water partition coefficient (Wildman–Crippen LogP) is 2.26. The summed E-state index contributed by atoms with van der Waals surface area (Å²) < 4.78 is 1.91. The Morgan fingerprint density at radius 1 is 1.14 bits per heavy atom. The first kappa shape index (κ1) is 14.6. The number of fused-ring (bicyclic) bond motifs is 1. The first-order valence-corrected chi connectivity index (χ1v) is 7.86. The van der Waals surface area contributed by atoms with Crippen LogP contribution in [0, 0.1) is 0 Å². The fourth-order valence-electron chi connectivity index (χ4n) is 2.12. The van der Waals surface area contributed by atoms with Crippen molar-refractivity contribution < 1.29 is 0 Å². The van der Waals surface area contributed by atoms with Gasteiger partial charge in [0.25, 0.3) is 0 Å². The molecule has 4 N–H and O–H groups in total. The van der Waals surface area contributed by atoms with Crippen molar-refractivity contribution in [3.8, 4) is 0 Å². The van der Waals surface area contributed by atoms with Crippen LogP contribution in [0.1, 0.15) is 25.5 Å². The minimum Gasteiger partial charge on any atom is -0.383 e. The molecule has 0 unspecified atom stereocenters. The first-order chi connectivity index (χ1) is 10.5. The number of hydrogen-bond acceptors (Lipinski definition) is 7. The number of nitrogens with zero attached hydrogens (tertiary/aromatic N) is 5. The Hall–Kier alpha value is -2.35. The summed E-state index contributed by atoms with van der Waals surface area (Å²) in [7, 11) is 0. The smallest absolute Gasteiger partial charge is 0.191 e. The van der Waals surface area contributed by atoms with Crippen molar-refractivity contribution in [1.29, 1.82) is 0 Å². The van der Waals surface area contributed by atoms with Gasteiger partial charge in [-0.05, 0) is 25.5 Å². The lowest BCUT2D eigenvalue weighted by Gasteiger charge is -2.06. The molecule has 0 aliphatic rings. The SMILES string of the molecule is CC(C)n1ncc2cc(CSc3nc(N)cc(N)n3)cnc21. The summed E-state index contributed by atoms with van der Waals surface area (Å²) in [6.45, 7) is 4.17. The van der Waals surface area contributed by atoms with Crippen LogP contribution in [0.4, 0.5) is 11.6 Å². The fraction of sp³-hybridized carbons (Fsp3) is 0.286. The number of aromatic nitrogens is 5. The molecule has 0 saturated carbocycles. The Morgan fingerprint density at radius 2 is 1.86 bits per heavy atom. The van der Waals surface area contributed by atoms with Crippen LogP contribution in [-0.2, 0) is 5.75 Å². The third-order valence-electron chi connectivity index (χ3n) is 3.09. The molecule has 0 bridgehead atoms. The summed E-state index contributed by atoms with van der Waals surface area (Å²) in [5.74, 6) is 1.45. The molecule has 0 fully saturated rings. The molecular formula is C14H17N7S. The van der Waals surface area contributed by atoms with E-state index in [1.165, 1.54) is 17.8 Å². The maximum atomic E-state index is 5.67. The van der Waals surface area contributed by atoms with Crippen LogP contribution in [-0.4, -0.2) is 24.7 Å². The van der Waals surface area contributed by atoms with Crippen LogP contribution in [0.2, 0.25) is 0 Å². The van der Waals surface area contributed by atoms with Crippen LogP contribution in [0.15, 0.2) is 29.7 Å². The molecular weight excluding hydrogens is 298 g/mol. The summed E-state index contributed by atoms with van der Waals surface area (Å²) in [6.07, 6.45) is 3.69. The van der Waals surface area contributed by atoms with Crippen molar-refractivity contribution >= 4 is 34.4 Å². The summed E-state index contributed by atoms with van der Waals surface area (Å²) >= 11 is 1.47. The van der Waals surface area contributed by atoms with Gasteiger partial charge in [-0.15, -0.1) is 0 Å². The van der Waals surface area contributed by atoms with Gasteiger partial charge < -0.3 is 11.5 Å². The molecule has 3 heterocycles. The van der Waals surface area contributed by atoms with Crippen molar-refractivity contribution in [3.05, 3.63) is 30.1 Å². The van der Waals surface area contributed by atoms with E-state index >= 15 is 0 Å². The zero-order valence-electron chi connectivity index (χ0n) is 12.4. The van der Waals surface area contributed by atoms with E-state index in [1.54, 1.807) is 0 Å². The van der Waals surface area contributed by atoms with Gasteiger partial charge in [-0.1, -0.05) is 11.8 Å². The topological polar surface area (TPSA) is 109 Å². The molecule has 0 amide bonds. The van der Waals surface area contributed by atoms with E-state index < -0.39 is 0 Å². The number of hydrogen-bond donors (Lipinski definition) is 2. The van der Waals surface area contributed by atoms with Crippen molar-refractivity contribution in [1.82, 2.24) is 24.7 Å². The molecule has 8 heteroatoms. The standard InChI is InChI=1S/C14H17N7S/c1-8(2)21-13-10(6-18-21)3-9(5-17-13)7-22-14-19-11(15)4-12(16)20-14/h3-6,8H,7H2,1-2H3,(H4,15,16,19,20). The van der Waals surface area contributed by atoms with Crippen molar-refractivity contribution in [2.24, 2.45) is 0 Å². The molecule has 3 aromatic heterocycles. The molecule has 0 aliphatic heterocycles. The summed E-state index contributed by atoms with van der Waals surface area (Å²) in [5.41, 5.74) is 13.3. The first-order valence-electron chi connectivity index (χ1n) is 6.88. The maximum absolute atomic E-state index is 5.67. The zero-order chi connectivity index (χ0) is 15.7. The molecule has 0 aliphatic carbocycles. The van der Waals surface area contributed by atoms with Gasteiger partial charge >= 0.3 is 0 Å². The van der Waals surface area contributed by atoms with E-state index in [-0.39, 0.29) is 6.04 Å². The normalized spacial score (nSPS) is 11.4. The second-order valence-electron chi connectivity index (χ2n) is 5.23. The van der Waals surface area contributed by atoms with Gasteiger partial charge in [0.15, 0.2) is 10.8 Å². The van der Waals surface area contributed by atoms with Crippen LogP contribution < -0.4 is 11.5 Å². The quantitative estimate of drug-likeness (QED) is 0.561. The third-order valence-corrected chi connectivity index (χ3v) is 4.01. The lowest BCUT2D eigenvalue weighted by Crippen LogP contribution is -2.03. The van der Waals surface area contributed by atoms with E-state index in [9.17, 15) is 0 Å². The van der Waals surface area contributed by atoms with E-state index in [0.29, 0.717) is 22.5 Å². The van der Waals surface area contributed by atoms with Crippen molar-refractivity contribution in [2.45, 2.75) is 30.8 Å². The van der Waals surface area contributed by atoms with E-state index in [4.69, 9.17) is 11.5 Å². The molecule has 3 rings (SSSR count).